The summed E-state index contributed by atoms with van der Waals surface area (Å²) in [5.41, 5.74) is 6.52. The lowest BCUT2D eigenvalue weighted by Crippen LogP contribution is -2.12. The first-order chi connectivity index (χ1) is 6.70. The molecular formula is C11H13FN2. The molecule has 0 saturated carbocycles. The second kappa shape index (κ2) is 4.73. The van der Waals surface area contributed by atoms with Crippen LogP contribution in [0.15, 0.2) is 18.2 Å². The van der Waals surface area contributed by atoms with Crippen molar-refractivity contribution in [3.05, 3.63) is 35.1 Å². The van der Waals surface area contributed by atoms with Crippen LogP contribution in [0.1, 0.15) is 36.9 Å². The van der Waals surface area contributed by atoms with Gasteiger partial charge in [-0.1, -0.05) is 25.5 Å². The van der Waals surface area contributed by atoms with Crippen molar-refractivity contribution in [2.45, 2.75) is 25.8 Å². The molecule has 74 valence electrons. The van der Waals surface area contributed by atoms with E-state index in [4.69, 9.17) is 11.0 Å². The van der Waals surface area contributed by atoms with Crippen LogP contribution in [-0.2, 0) is 0 Å². The zero-order chi connectivity index (χ0) is 10.6. The molecule has 2 N–H and O–H groups in total. The van der Waals surface area contributed by atoms with Gasteiger partial charge in [0, 0.05) is 6.04 Å². The molecule has 0 spiro atoms. The first-order valence-electron chi connectivity index (χ1n) is 4.64. The zero-order valence-corrected chi connectivity index (χ0v) is 8.13. The predicted molar refractivity (Wildman–Crippen MR) is 53.0 cm³/mol. The van der Waals surface area contributed by atoms with Gasteiger partial charge in [0.15, 0.2) is 0 Å². The molecule has 1 aromatic rings. The van der Waals surface area contributed by atoms with Crippen LogP contribution in [0.2, 0.25) is 0 Å². The Bertz CT molecular complexity index is 355. The van der Waals surface area contributed by atoms with Crippen LogP contribution in [0.4, 0.5) is 4.39 Å². The summed E-state index contributed by atoms with van der Waals surface area (Å²) in [6.07, 6.45) is 1.68. The summed E-state index contributed by atoms with van der Waals surface area (Å²) in [4.78, 5) is 0. The highest BCUT2D eigenvalue weighted by Crippen LogP contribution is 2.21. The SMILES string of the molecule is CCCC(N)c1cccc(F)c1C#N. The van der Waals surface area contributed by atoms with E-state index in [1.165, 1.54) is 6.07 Å². The summed E-state index contributed by atoms with van der Waals surface area (Å²) >= 11 is 0. The molecule has 0 bridgehead atoms. The summed E-state index contributed by atoms with van der Waals surface area (Å²) in [6, 6.07) is 6.18. The molecule has 0 radical (unpaired) electrons. The number of benzene rings is 1. The number of nitrogens with zero attached hydrogens (tertiary/aromatic N) is 1. The normalized spacial score (nSPS) is 12.1. The van der Waals surface area contributed by atoms with Gasteiger partial charge in [-0.3, -0.25) is 0 Å². The van der Waals surface area contributed by atoms with Gasteiger partial charge in [0.2, 0.25) is 0 Å². The van der Waals surface area contributed by atoms with Crippen LogP contribution in [0, 0.1) is 17.1 Å². The first kappa shape index (κ1) is 10.7. The highest BCUT2D eigenvalue weighted by Gasteiger charge is 2.13. The van der Waals surface area contributed by atoms with Gasteiger partial charge in [0.05, 0.1) is 5.56 Å². The minimum absolute atomic E-state index is 0.0773. The minimum atomic E-state index is -0.489. The number of hydrogen-bond donors (Lipinski definition) is 1. The van der Waals surface area contributed by atoms with Crippen LogP contribution in [0.3, 0.4) is 0 Å². The molecule has 0 amide bonds. The van der Waals surface area contributed by atoms with E-state index in [1.807, 2.05) is 13.0 Å². The Kier molecular flexibility index (Phi) is 3.61. The predicted octanol–water partition coefficient (Wildman–Crippen LogP) is 2.50. The van der Waals surface area contributed by atoms with Gasteiger partial charge in [0.25, 0.3) is 0 Å². The average Bonchev–Trinajstić information content (AvgIpc) is 2.17. The fraction of sp³-hybridized carbons (Fsp3) is 0.364. The molecule has 0 heterocycles. The number of hydrogen-bond acceptors (Lipinski definition) is 2. The zero-order valence-electron chi connectivity index (χ0n) is 8.13. The second-order valence-electron chi connectivity index (χ2n) is 3.21. The van der Waals surface area contributed by atoms with Crippen molar-refractivity contribution in [3.8, 4) is 6.07 Å². The van der Waals surface area contributed by atoms with Crippen molar-refractivity contribution in [2.24, 2.45) is 5.73 Å². The molecular weight excluding hydrogens is 179 g/mol. The third-order valence-corrected chi connectivity index (χ3v) is 2.16. The Morgan fingerprint density at radius 3 is 2.86 bits per heavy atom. The summed E-state index contributed by atoms with van der Waals surface area (Å²) in [7, 11) is 0. The van der Waals surface area contributed by atoms with Crippen LogP contribution >= 0.6 is 0 Å². The summed E-state index contributed by atoms with van der Waals surface area (Å²) in [5.74, 6) is -0.489. The van der Waals surface area contributed by atoms with Gasteiger partial charge < -0.3 is 5.73 Å². The van der Waals surface area contributed by atoms with E-state index in [0.717, 1.165) is 12.8 Å². The molecule has 1 unspecified atom stereocenters. The minimum Gasteiger partial charge on any atom is -0.324 e. The maximum Gasteiger partial charge on any atom is 0.141 e. The summed E-state index contributed by atoms with van der Waals surface area (Å²) in [5, 5.41) is 8.77. The fourth-order valence-electron chi connectivity index (χ4n) is 1.43. The van der Waals surface area contributed by atoms with Crippen molar-refractivity contribution >= 4 is 0 Å². The average molecular weight is 192 g/mol. The maximum absolute atomic E-state index is 13.2. The summed E-state index contributed by atoms with van der Waals surface area (Å²) < 4.78 is 13.2. The molecule has 1 atom stereocenters. The third kappa shape index (κ3) is 2.09. The van der Waals surface area contributed by atoms with Gasteiger partial charge in [-0.15, -0.1) is 0 Å². The van der Waals surface area contributed by atoms with Crippen molar-refractivity contribution in [3.63, 3.8) is 0 Å². The molecule has 0 aliphatic heterocycles. The molecule has 2 nitrogen and oxygen atoms in total. The van der Waals surface area contributed by atoms with E-state index in [0.29, 0.717) is 5.56 Å². The monoisotopic (exact) mass is 192 g/mol. The van der Waals surface area contributed by atoms with Crippen LogP contribution < -0.4 is 5.73 Å². The molecule has 0 fully saturated rings. The largest absolute Gasteiger partial charge is 0.324 e. The van der Waals surface area contributed by atoms with Crippen molar-refractivity contribution in [1.29, 1.82) is 5.26 Å². The quantitative estimate of drug-likeness (QED) is 0.799. The van der Waals surface area contributed by atoms with E-state index in [-0.39, 0.29) is 11.6 Å². The smallest absolute Gasteiger partial charge is 0.141 e. The number of nitrogens with two attached hydrogens (primary N) is 1. The summed E-state index contributed by atoms with van der Waals surface area (Å²) in [6.45, 7) is 2.01. The van der Waals surface area contributed by atoms with Crippen molar-refractivity contribution in [2.75, 3.05) is 0 Å². The number of halogens is 1. The topological polar surface area (TPSA) is 49.8 Å². The van der Waals surface area contributed by atoms with Crippen molar-refractivity contribution in [1.82, 2.24) is 0 Å². The lowest BCUT2D eigenvalue weighted by Gasteiger charge is -2.12. The Morgan fingerprint density at radius 2 is 2.29 bits per heavy atom. The Hall–Kier alpha value is -1.40. The van der Waals surface area contributed by atoms with E-state index < -0.39 is 5.82 Å². The second-order valence-corrected chi connectivity index (χ2v) is 3.21. The van der Waals surface area contributed by atoms with Gasteiger partial charge in [-0.2, -0.15) is 5.26 Å². The molecule has 3 heteroatoms. The van der Waals surface area contributed by atoms with Gasteiger partial charge in [-0.25, -0.2) is 4.39 Å². The number of nitriles is 1. The lowest BCUT2D eigenvalue weighted by atomic mass is 9.98. The molecule has 0 saturated heterocycles. The molecule has 1 rings (SSSR count). The Morgan fingerprint density at radius 1 is 1.57 bits per heavy atom. The van der Waals surface area contributed by atoms with E-state index in [9.17, 15) is 4.39 Å². The van der Waals surface area contributed by atoms with E-state index in [1.54, 1.807) is 12.1 Å². The van der Waals surface area contributed by atoms with Gasteiger partial charge in [0.1, 0.15) is 11.9 Å². The van der Waals surface area contributed by atoms with Crippen LogP contribution in [0.5, 0.6) is 0 Å². The van der Waals surface area contributed by atoms with Crippen molar-refractivity contribution < 1.29 is 4.39 Å². The maximum atomic E-state index is 13.2. The van der Waals surface area contributed by atoms with Gasteiger partial charge in [-0.05, 0) is 18.1 Å². The first-order valence-corrected chi connectivity index (χ1v) is 4.64. The van der Waals surface area contributed by atoms with E-state index in [2.05, 4.69) is 0 Å². The third-order valence-electron chi connectivity index (χ3n) is 2.16. The molecule has 0 aliphatic carbocycles. The highest BCUT2D eigenvalue weighted by atomic mass is 19.1. The fourth-order valence-corrected chi connectivity index (χ4v) is 1.43. The van der Waals surface area contributed by atoms with Crippen LogP contribution in [-0.4, -0.2) is 0 Å². The molecule has 0 aliphatic rings. The van der Waals surface area contributed by atoms with E-state index >= 15 is 0 Å². The Balaban J connectivity index is 3.08. The highest BCUT2D eigenvalue weighted by molar-refractivity contribution is 5.40. The van der Waals surface area contributed by atoms with Gasteiger partial charge >= 0.3 is 0 Å². The lowest BCUT2D eigenvalue weighted by molar-refractivity contribution is 0.600. The van der Waals surface area contributed by atoms with Crippen LogP contribution in [0.25, 0.3) is 0 Å². The molecule has 0 aromatic heterocycles. The standard InChI is InChI=1S/C11H13FN2/c1-2-4-11(14)8-5-3-6-10(12)9(8)7-13/h3,5-6,11H,2,4,14H2,1H3. The molecule has 14 heavy (non-hydrogen) atoms. The molecule has 1 aromatic carbocycles. The number of rotatable bonds is 3. The Labute approximate surface area is 83.2 Å².